The number of nitrogens with zero attached hydrogens (tertiary/aromatic N) is 2. The maximum atomic E-state index is 13.3. The number of halogens is 1. The predicted molar refractivity (Wildman–Crippen MR) is 80.8 cm³/mol. The van der Waals surface area contributed by atoms with Gasteiger partial charge >= 0.3 is 0 Å². The molecule has 21 heavy (non-hydrogen) atoms. The molecular weight excluding hydrogens is 287 g/mol. The van der Waals surface area contributed by atoms with Crippen LogP contribution < -0.4 is 0 Å². The standard InChI is InChI=1S/C16H17FN2OS/c1-2-15-18-9-14(21-15)16(20)19(13-6-7-13)10-11-4-3-5-12(17)8-11/h3-5,8-9,13H,2,6-7,10H2,1H3. The summed E-state index contributed by atoms with van der Waals surface area (Å²) < 4.78 is 13.3. The molecular formula is C16H17FN2OS. The van der Waals surface area contributed by atoms with E-state index in [1.165, 1.54) is 23.5 Å². The maximum absolute atomic E-state index is 13.3. The number of hydrogen-bond donors (Lipinski definition) is 0. The molecule has 0 aliphatic heterocycles. The van der Waals surface area contributed by atoms with Crippen LogP contribution >= 0.6 is 11.3 Å². The Hall–Kier alpha value is -1.75. The van der Waals surface area contributed by atoms with Crippen molar-refractivity contribution in [3.8, 4) is 0 Å². The molecule has 2 aromatic rings. The summed E-state index contributed by atoms with van der Waals surface area (Å²) in [5, 5.41) is 0.972. The van der Waals surface area contributed by atoms with Gasteiger partial charge in [0.1, 0.15) is 10.7 Å². The van der Waals surface area contributed by atoms with Crippen LogP contribution in [0.3, 0.4) is 0 Å². The highest BCUT2D eigenvalue weighted by molar-refractivity contribution is 7.13. The molecule has 5 heteroatoms. The Morgan fingerprint density at radius 2 is 2.29 bits per heavy atom. The Morgan fingerprint density at radius 1 is 1.48 bits per heavy atom. The average molecular weight is 304 g/mol. The van der Waals surface area contributed by atoms with Crippen LogP contribution in [0.5, 0.6) is 0 Å². The third kappa shape index (κ3) is 3.29. The maximum Gasteiger partial charge on any atom is 0.266 e. The molecule has 0 radical (unpaired) electrons. The second-order valence-electron chi connectivity index (χ2n) is 5.27. The summed E-state index contributed by atoms with van der Waals surface area (Å²) in [6.07, 6.45) is 4.55. The molecule has 3 rings (SSSR count). The van der Waals surface area contributed by atoms with E-state index in [2.05, 4.69) is 4.98 Å². The fourth-order valence-corrected chi connectivity index (χ4v) is 3.11. The number of rotatable bonds is 5. The molecule has 0 N–H and O–H groups in total. The van der Waals surface area contributed by atoms with Gasteiger partial charge in [0.2, 0.25) is 0 Å². The lowest BCUT2D eigenvalue weighted by Crippen LogP contribution is -2.32. The zero-order valence-electron chi connectivity index (χ0n) is 11.9. The Labute approximate surface area is 127 Å². The quantitative estimate of drug-likeness (QED) is 0.845. The van der Waals surface area contributed by atoms with Crippen LogP contribution in [0, 0.1) is 5.82 Å². The number of thiazole rings is 1. The van der Waals surface area contributed by atoms with Crippen molar-refractivity contribution in [2.75, 3.05) is 0 Å². The summed E-state index contributed by atoms with van der Waals surface area (Å²) in [5.41, 5.74) is 0.829. The molecule has 0 saturated heterocycles. The molecule has 3 nitrogen and oxygen atoms in total. The van der Waals surface area contributed by atoms with Gasteiger partial charge in [-0.05, 0) is 37.0 Å². The summed E-state index contributed by atoms with van der Waals surface area (Å²) in [6.45, 7) is 2.49. The van der Waals surface area contributed by atoms with Gasteiger partial charge in [-0.15, -0.1) is 11.3 Å². The molecule has 0 bridgehead atoms. The average Bonchev–Trinajstić information content (AvgIpc) is 3.20. The van der Waals surface area contributed by atoms with Crippen molar-refractivity contribution in [2.24, 2.45) is 0 Å². The van der Waals surface area contributed by atoms with Gasteiger partial charge in [0, 0.05) is 12.6 Å². The highest BCUT2D eigenvalue weighted by Crippen LogP contribution is 2.31. The summed E-state index contributed by atoms with van der Waals surface area (Å²) >= 11 is 1.45. The van der Waals surface area contributed by atoms with E-state index in [0.29, 0.717) is 11.4 Å². The van der Waals surface area contributed by atoms with E-state index in [0.717, 1.165) is 29.8 Å². The number of aromatic nitrogens is 1. The first-order chi connectivity index (χ1) is 10.2. The molecule has 1 saturated carbocycles. The fourth-order valence-electron chi connectivity index (χ4n) is 2.30. The van der Waals surface area contributed by atoms with Gasteiger partial charge in [0.25, 0.3) is 5.91 Å². The van der Waals surface area contributed by atoms with E-state index in [1.807, 2.05) is 17.9 Å². The first-order valence-corrected chi connectivity index (χ1v) is 7.99. The second-order valence-corrected chi connectivity index (χ2v) is 6.38. The first-order valence-electron chi connectivity index (χ1n) is 7.17. The minimum absolute atomic E-state index is 0.0129. The van der Waals surface area contributed by atoms with Crippen LogP contribution in [0.1, 0.15) is 40.0 Å². The van der Waals surface area contributed by atoms with E-state index in [-0.39, 0.29) is 17.8 Å². The number of hydrogen-bond acceptors (Lipinski definition) is 3. The monoisotopic (exact) mass is 304 g/mol. The largest absolute Gasteiger partial charge is 0.331 e. The van der Waals surface area contributed by atoms with Crippen LogP contribution in [0.4, 0.5) is 4.39 Å². The lowest BCUT2D eigenvalue weighted by Gasteiger charge is -2.21. The molecule has 1 aliphatic rings. The zero-order chi connectivity index (χ0) is 14.8. The van der Waals surface area contributed by atoms with Crippen molar-refractivity contribution in [1.82, 2.24) is 9.88 Å². The molecule has 0 spiro atoms. The predicted octanol–water partition coefficient (Wildman–Crippen LogP) is 3.65. The Bertz CT molecular complexity index is 651. The second kappa shape index (κ2) is 5.93. The number of carbonyl (C=O) groups excluding carboxylic acids is 1. The van der Waals surface area contributed by atoms with Gasteiger partial charge in [0.15, 0.2) is 0 Å². The van der Waals surface area contributed by atoms with Gasteiger partial charge < -0.3 is 4.90 Å². The first kappa shape index (κ1) is 14.2. The summed E-state index contributed by atoms with van der Waals surface area (Å²) in [5.74, 6) is -0.249. The summed E-state index contributed by atoms with van der Waals surface area (Å²) in [4.78, 5) is 19.4. The highest BCUT2D eigenvalue weighted by Gasteiger charge is 2.33. The van der Waals surface area contributed by atoms with Gasteiger partial charge in [-0.1, -0.05) is 19.1 Å². The van der Waals surface area contributed by atoms with Crippen molar-refractivity contribution < 1.29 is 9.18 Å². The molecule has 1 fully saturated rings. The zero-order valence-corrected chi connectivity index (χ0v) is 12.7. The fraction of sp³-hybridized carbons (Fsp3) is 0.375. The molecule has 0 unspecified atom stereocenters. The minimum atomic E-state index is -0.262. The number of aryl methyl sites for hydroxylation is 1. The molecule has 1 aliphatic carbocycles. The SMILES string of the molecule is CCc1ncc(C(=O)N(Cc2cccc(F)c2)C2CC2)s1. The molecule has 110 valence electrons. The molecule has 1 aromatic heterocycles. The highest BCUT2D eigenvalue weighted by atomic mass is 32.1. The lowest BCUT2D eigenvalue weighted by molar-refractivity contribution is 0.0734. The van der Waals surface area contributed by atoms with Crippen LogP contribution in [-0.2, 0) is 13.0 Å². The third-order valence-electron chi connectivity index (χ3n) is 3.56. The van der Waals surface area contributed by atoms with Crippen LogP contribution in [0.15, 0.2) is 30.5 Å². The molecule has 1 amide bonds. The van der Waals surface area contributed by atoms with Gasteiger partial charge in [-0.2, -0.15) is 0 Å². The molecule has 1 heterocycles. The minimum Gasteiger partial charge on any atom is -0.331 e. The van der Waals surface area contributed by atoms with E-state index in [9.17, 15) is 9.18 Å². The Morgan fingerprint density at radius 3 is 2.90 bits per heavy atom. The Balaban J connectivity index is 1.79. The van der Waals surface area contributed by atoms with Crippen LogP contribution in [0.2, 0.25) is 0 Å². The van der Waals surface area contributed by atoms with Crippen LogP contribution in [-0.4, -0.2) is 21.8 Å². The normalized spacial score (nSPS) is 14.2. The third-order valence-corrected chi connectivity index (χ3v) is 4.69. The molecule has 0 atom stereocenters. The van der Waals surface area contributed by atoms with Crippen molar-refractivity contribution in [3.05, 3.63) is 51.7 Å². The van der Waals surface area contributed by atoms with Gasteiger partial charge in [-0.25, -0.2) is 9.37 Å². The van der Waals surface area contributed by atoms with E-state index in [4.69, 9.17) is 0 Å². The molecule has 1 aromatic carbocycles. The van der Waals surface area contributed by atoms with E-state index in [1.54, 1.807) is 12.3 Å². The number of amides is 1. The lowest BCUT2D eigenvalue weighted by atomic mass is 10.2. The van der Waals surface area contributed by atoms with Gasteiger partial charge in [-0.3, -0.25) is 4.79 Å². The van der Waals surface area contributed by atoms with E-state index >= 15 is 0 Å². The summed E-state index contributed by atoms with van der Waals surface area (Å²) in [6, 6.07) is 6.74. The topological polar surface area (TPSA) is 33.2 Å². The van der Waals surface area contributed by atoms with Crippen molar-refractivity contribution in [2.45, 2.75) is 38.8 Å². The van der Waals surface area contributed by atoms with Crippen LogP contribution in [0.25, 0.3) is 0 Å². The van der Waals surface area contributed by atoms with Crippen molar-refractivity contribution >= 4 is 17.2 Å². The van der Waals surface area contributed by atoms with Crippen molar-refractivity contribution in [3.63, 3.8) is 0 Å². The number of carbonyl (C=O) groups is 1. The van der Waals surface area contributed by atoms with E-state index < -0.39 is 0 Å². The van der Waals surface area contributed by atoms with Gasteiger partial charge in [0.05, 0.1) is 11.2 Å². The van der Waals surface area contributed by atoms with Crippen molar-refractivity contribution in [1.29, 1.82) is 0 Å². The summed E-state index contributed by atoms with van der Waals surface area (Å²) in [7, 11) is 0. The Kier molecular flexibility index (Phi) is 4.01. The smallest absolute Gasteiger partial charge is 0.266 e. The number of benzene rings is 1.